The van der Waals surface area contributed by atoms with Gasteiger partial charge in [-0.2, -0.15) is 13.2 Å². The van der Waals surface area contributed by atoms with Crippen LogP contribution in [0.15, 0.2) is 16.5 Å². The van der Waals surface area contributed by atoms with Gasteiger partial charge in [-0.25, -0.2) is 0 Å². The molecule has 80 valence electrons. The van der Waals surface area contributed by atoms with Gasteiger partial charge in [-0.1, -0.05) is 6.92 Å². The number of hydrogen-bond acceptors (Lipinski definition) is 2. The molecule has 2 nitrogen and oxygen atoms in total. The Morgan fingerprint density at radius 2 is 2.07 bits per heavy atom. The smallest absolute Gasteiger partial charge is 0.391 e. The Bertz CT molecular complexity index is 292. The number of halogens is 3. The van der Waals surface area contributed by atoms with E-state index >= 15 is 0 Å². The molecule has 0 amide bonds. The minimum atomic E-state index is -4.25. The van der Waals surface area contributed by atoms with Crippen molar-refractivity contribution in [3.63, 3.8) is 0 Å². The first-order valence-corrected chi connectivity index (χ1v) is 4.33. The zero-order valence-corrected chi connectivity index (χ0v) is 7.77. The van der Waals surface area contributed by atoms with Crippen LogP contribution in [0.1, 0.15) is 30.9 Å². The van der Waals surface area contributed by atoms with Gasteiger partial charge in [0.25, 0.3) is 0 Å². The molecule has 0 unspecified atom stereocenters. The number of nitrogens with two attached hydrogens (primary N) is 1. The summed E-state index contributed by atoms with van der Waals surface area (Å²) in [6.45, 7) is 1.86. The molecule has 0 fully saturated rings. The van der Waals surface area contributed by atoms with Gasteiger partial charge < -0.3 is 10.2 Å². The van der Waals surface area contributed by atoms with Crippen molar-refractivity contribution in [2.75, 3.05) is 0 Å². The van der Waals surface area contributed by atoms with E-state index < -0.39 is 18.6 Å². The van der Waals surface area contributed by atoms with Crippen LogP contribution in [0, 0.1) is 0 Å². The number of alkyl halides is 3. The minimum Gasteiger partial charge on any atom is -0.464 e. The molecule has 2 N–H and O–H groups in total. The van der Waals surface area contributed by atoms with Crippen molar-refractivity contribution in [2.24, 2.45) is 5.73 Å². The molecule has 0 aliphatic heterocycles. The SMILES string of the molecule is CCc1ccc([C@@H](N)CC(F)(F)F)o1. The molecule has 5 heteroatoms. The van der Waals surface area contributed by atoms with Crippen LogP contribution in [0.2, 0.25) is 0 Å². The van der Waals surface area contributed by atoms with Gasteiger partial charge in [-0.05, 0) is 12.1 Å². The third-order valence-electron chi connectivity index (χ3n) is 1.85. The molecule has 1 heterocycles. The summed E-state index contributed by atoms with van der Waals surface area (Å²) < 4.78 is 41.0. The van der Waals surface area contributed by atoms with Gasteiger partial charge >= 0.3 is 6.18 Å². The Morgan fingerprint density at radius 3 is 2.50 bits per heavy atom. The first kappa shape index (κ1) is 11.1. The first-order chi connectivity index (χ1) is 6.42. The van der Waals surface area contributed by atoms with E-state index in [0.717, 1.165) is 0 Å². The van der Waals surface area contributed by atoms with Crippen molar-refractivity contribution in [1.29, 1.82) is 0 Å². The molecule has 1 aromatic rings. The third-order valence-corrected chi connectivity index (χ3v) is 1.85. The van der Waals surface area contributed by atoms with Gasteiger partial charge in [0.1, 0.15) is 11.5 Å². The number of furan rings is 1. The van der Waals surface area contributed by atoms with E-state index in [-0.39, 0.29) is 5.76 Å². The van der Waals surface area contributed by atoms with Crippen LogP contribution in [-0.2, 0) is 6.42 Å². The van der Waals surface area contributed by atoms with Crippen molar-refractivity contribution >= 4 is 0 Å². The Kier molecular flexibility index (Phi) is 3.21. The Labute approximate surface area is 79.9 Å². The zero-order chi connectivity index (χ0) is 10.8. The first-order valence-electron chi connectivity index (χ1n) is 4.33. The van der Waals surface area contributed by atoms with Crippen LogP contribution in [0.5, 0.6) is 0 Å². The highest BCUT2D eigenvalue weighted by molar-refractivity contribution is 5.10. The second-order valence-corrected chi connectivity index (χ2v) is 3.08. The molecule has 0 saturated heterocycles. The number of aryl methyl sites for hydroxylation is 1. The molecular weight excluding hydrogens is 195 g/mol. The second kappa shape index (κ2) is 4.04. The van der Waals surface area contributed by atoms with E-state index in [0.29, 0.717) is 12.2 Å². The number of rotatable bonds is 3. The van der Waals surface area contributed by atoms with E-state index in [9.17, 15) is 13.2 Å². The number of hydrogen-bond donors (Lipinski definition) is 1. The molecule has 1 rings (SSSR count). The molecule has 0 aromatic carbocycles. The Morgan fingerprint density at radius 1 is 1.43 bits per heavy atom. The van der Waals surface area contributed by atoms with Gasteiger partial charge in [0.05, 0.1) is 12.5 Å². The lowest BCUT2D eigenvalue weighted by Crippen LogP contribution is -2.19. The maximum absolute atomic E-state index is 12.0. The van der Waals surface area contributed by atoms with E-state index in [2.05, 4.69) is 0 Å². The van der Waals surface area contributed by atoms with Gasteiger partial charge in [0.15, 0.2) is 0 Å². The van der Waals surface area contributed by atoms with E-state index in [1.807, 2.05) is 6.92 Å². The predicted octanol–water partition coefficient (Wildman–Crippen LogP) is 2.79. The molecule has 0 spiro atoms. The van der Waals surface area contributed by atoms with Crippen molar-refractivity contribution in [2.45, 2.75) is 32.0 Å². The van der Waals surface area contributed by atoms with Gasteiger partial charge in [0.2, 0.25) is 0 Å². The molecule has 1 aromatic heterocycles. The van der Waals surface area contributed by atoms with Crippen molar-refractivity contribution in [1.82, 2.24) is 0 Å². The summed E-state index contributed by atoms with van der Waals surface area (Å²) >= 11 is 0. The fraction of sp³-hybridized carbons (Fsp3) is 0.556. The van der Waals surface area contributed by atoms with Gasteiger partial charge in [-0.15, -0.1) is 0 Å². The third kappa shape index (κ3) is 3.06. The molecule has 0 aliphatic carbocycles. The summed E-state index contributed by atoms with van der Waals surface area (Å²) in [5, 5.41) is 0. The lowest BCUT2D eigenvalue weighted by molar-refractivity contribution is -0.139. The van der Waals surface area contributed by atoms with Crippen LogP contribution in [0.3, 0.4) is 0 Å². The summed E-state index contributed by atoms with van der Waals surface area (Å²) in [6, 6.07) is 2.04. The molecule has 0 saturated carbocycles. The van der Waals surface area contributed by atoms with Crippen LogP contribution in [-0.4, -0.2) is 6.18 Å². The standard InChI is InChI=1S/C9H12F3NO/c1-2-6-3-4-8(14-6)7(13)5-9(10,11)12/h3-4,7H,2,5,13H2,1H3/t7-/m0/s1. The summed E-state index contributed by atoms with van der Waals surface area (Å²) in [4.78, 5) is 0. The van der Waals surface area contributed by atoms with Crippen LogP contribution >= 0.6 is 0 Å². The molecular formula is C9H12F3NO. The van der Waals surface area contributed by atoms with Crippen molar-refractivity contribution in [3.05, 3.63) is 23.7 Å². The average molecular weight is 207 g/mol. The molecule has 0 aliphatic rings. The van der Waals surface area contributed by atoms with E-state index in [1.165, 1.54) is 6.07 Å². The highest BCUT2D eigenvalue weighted by atomic mass is 19.4. The normalized spacial score (nSPS) is 14.4. The van der Waals surface area contributed by atoms with Crippen LogP contribution in [0.4, 0.5) is 13.2 Å². The fourth-order valence-electron chi connectivity index (χ4n) is 1.13. The van der Waals surface area contributed by atoms with E-state index in [4.69, 9.17) is 10.2 Å². The highest BCUT2D eigenvalue weighted by Crippen LogP contribution is 2.28. The van der Waals surface area contributed by atoms with Crippen LogP contribution in [0.25, 0.3) is 0 Å². The minimum absolute atomic E-state index is 0.194. The van der Waals surface area contributed by atoms with Crippen molar-refractivity contribution < 1.29 is 17.6 Å². The monoisotopic (exact) mass is 207 g/mol. The topological polar surface area (TPSA) is 39.2 Å². The van der Waals surface area contributed by atoms with Gasteiger partial charge in [0, 0.05) is 6.42 Å². The molecule has 14 heavy (non-hydrogen) atoms. The summed E-state index contributed by atoms with van der Waals surface area (Å²) in [7, 11) is 0. The predicted molar refractivity (Wildman–Crippen MR) is 45.7 cm³/mol. The fourth-order valence-corrected chi connectivity index (χ4v) is 1.13. The summed E-state index contributed by atoms with van der Waals surface area (Å²) in [5.74, 6) is 0.844. The summed E-state index contributed by atoms with van der Waals surface area (Å²) in [5.41, 5.74) is 5.34. The van der Waals surface area contributed by atoms with Gasteiger partial charge in [-0.3, -0.25) is 0 Å². The second-order valence-electron chi connectivity index (χ2n) is 3.08. The quantitative estimate of drug-likeness (QED) is 0.827. The van der Waals surface area contributed by atoms with Crippen LogP contribution < -0.4 is 5.73 Å². The maximum Gasteiger partial charge on any atom is 0.391 e. The maximum atomic E-state index is 12.0. The lowest BCUT2D eigenvalue weighted by Gasteiger charge is -2.11. The summed E-state index contributed by atoms with van der Waals surface area (Å²) in [6.07, 6.45) is -4.65. The zero-order valence-electron chi connectivity index (χ0n) is 7.77. The average Bonchev–Trinajstić information content (AvgIpc) is 2.48. The Hall–Kier alpha value is -0.970. The molecule has 0 bridgehead atoms. The molecule has 1 atom stereocenters. The highest BCUT2D eigenvalue weighted by Gasteiger charge is 2.32. The largest absolute Gasteiger partial charge is 0.464 e. The van der Waals surface area contributed by atoms with E-state index in [1.54, 1.807) is 6.07 Å². The lowest BCUT2D eigenvalue weighted by atomic mass is 10.1. The molecule has 0 radical (unpaired) electrons. The van der Waals surface area contributed by atoms with Crippen molar-refractivity contribution in [3.8, 4) is 0 Å². The Balaban J connectivity index is 2.65.